The maximum absolute atomic E-state index is 13.2. The molecule has 1 N–H and O–H groups in total. The number of piperazine rings is 1. The summed E-state index contributed by atoms with van der Waals surface area (Å²) in [6.07, 6.45) is -8.01. The summed E-state index contributed by atoms with van der Waals surface area (Å²) in [6, 6.07) is 2.34. The highest BCUT2D eigenvalue weighted by molar-refractivity contribution is 6.31. The molecule has 0 aromatic heterocycles. The average molecular weight is 379 g/mol. The van der Waals surface area contributed by atoms with Crippen LogP contribution in [-0.2, 0) is 6.18 Å². The Morgan fingerprint density at radius 2 is 1.78 bits per heavy atom. The minimum Gasteiger partial charge on any atom is -0.314 e. The molecule has 2 rings (SSSR count). The summed E-state index contributed by atoms with van der Waals surface area (Å²) in [5.41, 5.74) is -1.19. The van der Waals surface area contributed by atoms with Crippen LogP contribution in [0.5, 0.6) is 0 Å². The molecule has 1 aliphatic rings. The van der Waals surface area contributed by atoms with Gasteiger partial charge in [-0.05, 0) is 12.1 Å². The number of nitrogens with zero attached hydrogens (tertiary/aromatic N) is 1. The molecule has 0 unspecified atom stereocenters. The van der Waals surface area contributed by atoms with E-state index in [0.29, 0.717) is 26.2 Å². The quantitative estimate of drug-likeness (QED) is 0.782. The van der Waals surface area contributed by atoms with Crippen LogP contribution in [0.25, 0.3) is 0 Å². The molecule has 2 nitrogen and oxygen atoms in total. The molecule has 1 aromatic carbocycles. The maximum Gasteiger partial charge on any atom is 0.416 e. The smallest absolute Gasteiger partial charge is 0.314 e. The van der Waals surface area contributed by atoms with E-state index in [4.69, 9.17) is 11.6 Å². The SMILES string of the molecule is Cl.FC(F)C[C@@H](c1c(Cl)cccc1C(F)(F)F)N1CCNCC1. The van der Waals surface area contributed by atoms with Crippen molar-refractivity contribution in [2.24, 2.45) is 0 Å². The van der Waals surface area contributed by atoms with E-state index in [1.54, 1.807) is 4.90 Å². The van der Waals surface area contributed by atoms with Crippen molar-refractivity contribution >= 4 is 24.0 Å². The minimum absolute atomic E-state index is 0. The molecular weight excluding hydrogens is 362 g/mol. The van der Waals surface area contributed by atoms with Crippen LogP contribution in [0.3, 0.4) is 0 Å². The normalized spacial score (nSPS) is 17.9. The Morgan fingerprint density at radius 1 is 1.17 bits per heavy atom. The Bertz CT molecular complexity index is 504. The van der Waals surface area contributed by atoms with Gasteiger partial charge in [0.1, 0.15) is 0 Å². The Kier molecular flexibility index (Phi) is 7.51. The number of alkyl halides is 5. The Hall–Kier alpha value is -0.630. The van der Waals surface area contributed by atoms with Crippen LogP contribution in [0, 0.1) is 0 Å². The van der Waals surface area contributed by atoms with E-state index >= 15 is 0 Å². The fraction of sp³-hybridized carbons (Fsp3) is 0.571. The average Bonchev–Trinajstić information content (AvgIpc) is 2.44. The van der Waals surface area contributed by atoms with Crippen LogP contribution in [0.1, 0.15) is 23.6 Å². The lowest BCUT2D eigenvalue weighted by Gasteiger charge is -2.36. The summed E-state index contributed by atoms with van der Waals surface area (Å²) >= 11 is 5.95. The van der Waals surface area contributed by atoms with Crippen molar-refractivity contribution in [3.8, 4) is 0 Å². The molecule has 0 aliphatic carbocycles. The Balaban J connectivity index is 0.00000264. The summed E-state index contributed by atoms with van der Waals surface area (Å²) in [5, 5.41) is 2.92. The molecule has 0 saturated carbocycles. The van der Waals surface area contributed by atoms with Crippen molar-refractivity contribution in [3.63, 3.8) is 0 Å². The molecule has 1 saturated heterocycles. The molecule has 0 amide bonds. The van der Waals surface area contributed by atoms with Gasteiger partial charge in [-0.2, -0.15) is 13.2 Å². The number of rotatable bonds is 4. The molecule has 0 spiro atoms. The largest absolute Gasteiger partial charge is 0.416 e. The third-order valence-corrected chi connectivity index (χ3v) is 4.01. The Labute approximate surface area is 142 Å². The zero-order valence-electron chi connectivity index (χ0n) is 12.0. The summed E-state index contributed by atoms with van der Waals surface area (Å²) < 4.78 is 65.5. The van der Waals surface area contributed by atoms with Gasteiger partial charge in [0.05, 0.1) is 5.56 Å². The standard InChI is InChI=1S/C14H16ClF5N2.ClH/c15-10-3-1-2-9(14(18,19)20)13(10)11(8-12(16)17)22-6-4-21-5-7-22;/h1-3,11-12,21H,4-8H2;1H/t11-;/m0./s1. The van der Waals surface area contributed by atoms with Crippen molar-refractivity contribution in [1.82, 2.24) is 10.2 Å². The third kappa shape index (κ3) is 5.17. The van der Waals surface area contributed by atoms with Gasteiger partial charge in [-0.25, -0.2) is 8.78 Å². The lowest BCUT2D eigenvalue weighted by atomic mass is 9.95. The van der Waals surface area contributed by atoms with Crippen molar-refractivity contribution in [2.75, 3.05) is 26.2 Å². The van der Waals surface area contributed by atoms with Gasteiger partial charge in [-0.1, -0.05) is 17.7 Å². The van der Waals surface area contributed by atoms with E-state index in [-0.39, 0.29) is 23.0 Å². The molecule has 1 atom stereocenters. The van der Waals surface area contributed by atoms with E-state index in [0.717, 1.165) is 6.07 Å². The topological polar surface area (TPSA) is 15.3 Å². The minimum atomic E-state index is -4.63. The van der Waals surface area contributed by atoms with Gasteiger partial charge < -0.3 is 5.32 Å². The van der Waals surface area contributed by atoms with E-state index in [1.807, 2.05) is 0 Å². The van der Waals surface area contributed by atoms with Crippen LogP contribution in [-0.4, -0.2) is 37.5 Å². The second-order valence-electron chi connectivity index (χ2n) is 5.13. The van der Waals surface area contributed by atoms with Crippen LogP contribution in [0.4, 0.5) is 22.0 Å². The highest BCUT2D eigenvalue weighted by Gasteiger charge is 2.38. The van der Waals surface area contributed by atoms with E-state index in [9.17, 15) is 22.0 Å². The predicted octanol–water partition coefficient (Wildman–Crippen LogP) is 4.38. The van der Waals surface area contributed by atoms with E-state index in [1.165, 1.54) is 12.1 Å². The van der Waals surface area contributed by atoms with Gasteiger partial charge >= 0.3 is 6.18 Å². The van der Waals surface area contributed by atoms with Gasteiger partial charge in [-0.3, -0.25) is 4.90 Å². The van der Waals surface area contributed by atoms with Gasteiger partial charge in [0.25, 0.3) is 0 Å². The first-order chi connectivity index (χ1) is 10.3. The van der Waals surface area contributed by atoms with E-state index < -0.39 is 30.6 Å². The zero-order chi connectivity index (χ0) is 16.3. The molecule has 1 fully saturated rings. The molecule has 1 heterocycles. The highest BCUT2D eigenvalue weighted by atomic mass is 35.5. The van der Waals surface area contributed by atoms with Crippen LogP contribution in [0.2, 0.25) is 5.02 Å². The molecule has 132 valence electrons. The van der Waals surface area contributed by atoms with Gasteiger partial charge in [0, 0.05) is 49.2 Å². The lowest BCUT2D eigenvalue weighted by molar-refractivity contribution is -0.139. The lowest BCUT2D eigenvalue weighted by Crippen LogP contribution is -2.46. The molecule has 0 radical (unpaired) electrons. The van der Waals surface area contributed by atoms with Gasteiger partial charge in [0.2, 0.25) is 6.43 Å². The fourth-order valence-corrected chi connectivity index (χ4v) is 3.04. The molecule has 0 bridgehead atoms. The number of hydrogen-bond acceptors (Lipinski definition) is 2. The van der Waals surface area contributed by atoms with Crippen molar-refractivity contribution in [3.05, 3.63) is 34.3 Å². The number of halogens is 7. The van der Waals surface area contributed by atoms with Gasteiger partial charge in [-0.15, -0.1) is 12.4 Å². The first-order valence-electron chi connectivity index (χ1n) is 6.89. The molecule has 1 aromatic rings. The maximum atomic E-state index is 13.2. The first kappa shape index (κ1) is 20.4. The molecule has 1 aliphatic heterocycles. The van der Waals surface area contributed by atoms with Crippen LogP contribution < -0.4 is 5.32 Å². The molecular formula is C14H17Cl2F5N2. The zero-order valence-corrected chi connectivity index (χ0v) is 13.6. The first-order valence-corrected chi connectivity index (χ1v) is 7.27. The van der Waals surface area contributed by atoms with Crippen molar-refractivity contribution in [1.29, 1.82) is 0 Å². The summed E-state index contributed by atoms with van der Waals surface area (Å²) in [4.78, 5) is 1.64. The molecule has 9 heteroatoms. The van der Waals surface area contributed by atoms with Crippen molar-refractivity contribution < 1.29 is 22.0 Å². The second-order valence-corrected chi connectivity index (χ2v) is 5.53. The van der Waals surface area contributed by atoms with Gasteiger partial charge in [0.15, 0.2) is 0 Å². The summed E-state index contributed by atoms with van der Waals surface area (Å²) in [6.45, 7) is 1.90. The number of benzene rings is 1. The third-order valence-electron chi connectivity index (χ3n) is 3.69. The van der Waals surface area contributed by atoms with E-state index in [2.05, 4.69) is 5.32 Å². The highest BCUT2D eigenvalue weighted by Crippen LogP contribution is 2.41. The van der Waals surface area contributed by atoms with Crippen LogP contribution in [0.15, 0.2) is 18.2 Å². The fourth-order valence-electron chi connectivity index (χ4n) is 2.73. The monoisotopic (exact) mass is 378 g/mol. The number of hydrogen-bond donors (Lipinski definition) is 1. The second kappa shape index (κ2) is 8.46. The predicted molar refractivity (Wildman–Crippen MR) is 81.5 cm³/mol. The van der Waals surface area contributed by atoms with Crippen LogP contribution >= 0.6 is 24.0 Å². The summed E-state index contributed by atoms with van der Waals surface area (Å²) in [5.74, 6) is 0. The summed E-state index contributed by atoms with van der Waals surface area (Å²) in [7, 11) is 0. The molecule has 23 heavy (non-hydrogen) atoms. The van der Waals surface area contributed by atoms with Crippen molar-refractivity contribution in [2.45, 2.75) is 25.1 Å². The Morgan fingerprint density at radius 3 is 2.30 bits per heavy atom. The number of nitrogens with one attached hydrogen (secondary N) is 1.